The second-order valence-electron chi connectivity index (χ2n) is 6.20. The maximum Gasteiger partial charge on any atom is 0.273 e. The summed E-state index contributed by atoms with van der Waals surface area (Å²) >= 11 is 0. The van der Waals surface area contributed by atoms with Crippen molar-refractivity contribution in [1.82, 2.24) is 15.4 Å². The molecule has 1 N–H and O–H groups in total. The van der Waals surface area contributed by atoms with Gasteiger partial charge in [-0.05, 0) is 40.8 Å². The zero-order chi connectivity index (χ0) is 16.0. The van der Waals surface area contributed by atoms with Crippen molar-refractivity contribution in [2.75, 3.05) is 20.1 Å². The molecule has 120 valence electrons. The molecule has 0 fully saturated rings. The number of nitrogens with zero attached hydrogens (tertiary/aromatic N) is 2. The van der Waals surface area contributed by atoms with Gasteiger partial charge < -0.3 is 9.84 Å². The SMILES string of the molecule is CCCCN(C)C(C)(C)CNC(=O)c1noc(CC)c1C. The van der Waals surface area contributed by atoms with E-state index >= 15 is 0 Å². The Kier molecular flexibility index (Phi) is 6.40. The van der Waals surface area contributed by atoms with Crippen LogP contribution in [0.5, 0.6) is 0 Å². The summed E-state index contributed by atoms with van der Waals surface area (Å²) in [5.74, 6) is 0.618. The fourth-order valence-electron chi connectivity index (χ4n) is 2.12. The Bertz CT molecular complexity index is 466. The van der Waals surface area contributed by atoms with Gasteiger partial charge in [0.05, 0.1) is 0 Å². The summed E-state index contributed by atoms with van der Waals surface area (Å²) in [6.45, 7) is 11.9. The van der Waals surface area contributed by atoms with Gasteiger partial charge >= 0.3 is 0 Å². The van der Waals surface area contributed by atoms with Crippen molar-refractivity contribution in [2.24, 2.45) is 0 Å². The summed E-state index contributed by atoms with van der Waals surface area (Å²) in [5.41, 5.74) is 1.15. The van der Waals surface area contributed by atoms with E-state index in [1.807, 2.05) is 13.8 Å². The number of rotatable bonds is 8. The highest BCUT2D eigenvalue weighted by molar-refractivity contribution is 5.93. The molecule has 1 aromatic rings. The molecule has 0 spiro atoms. The van der Waals surface area contributed by atoms with Crippen LogP contribution in [-0.4, -0.2) is 41.6 Å². The van der Waals surface area contributed by atoms with E-state index in [1.165, 1.54) is 6.42 Å². The normalized spacial score (nSPS) is 12.0. The number of likely N-dealkylation sites (N-methyl/N-ethyl adjacent to an activating group) is 1. The lowest BCUT2D eigenvalue weighted by atomic mass is 10.0. The molecule has 0 saturated carbocycles. The Morgan fingerprint density at radius 2 is 2.05 bits per heavy atom. The Balaban J connectivity index is 2.60. The second kappa shape index (κ2) is 7.59. The van der Waals surface area contributed by atoms with E-state index in [2.05, 4.69) is 43.2 Å². The van der Waals surface area contributed by atoms with E-state index in [4.69, 9.17) is 4.52 Å². The van der Waals surface area contributed by atoms with Gasteiger partial charge in [-0.25, -0.2) is 0 Å². The third-order valence-corrected chi connectivity index (χ3v) is 4.12. The molecule has 1 heterocycles. The number of carbonyl (C=O) groups excluding carboxylic acids is 1. The molecule has 0 aromatic carbocycles. The van der Waals surface area contributed by atoms with Gasteiger partial charge in [-0.2, -0.15) is 0 Å². The van der Waals surface area contributed by atoms with Gasteiger partial charge in [0.2, 0.25) is 0 Å². The Morgan fingerprint density at radius 3 is 2.57 bits per heavy atom. The van der Waals surface area contributed by atoms with Gasteiger partial charge in [-0.15, -0.1) is 0 Å². The lowest BCUT2D eigenvalue weighted by molar-refractivity contribution is 0.0893. The number of unbranched alkanes of at least 4 members (excludes halogenated alkanes) is 1. The van der Waals surface area contributed by atoms with E-state index < -0.39 is 0 Å². The number of aromatic nitrogens is 1. The Morgan fingerprint density at radius 1 is 1.38 bits per heavy atom. The summed E-state index contributed by atoms with van der Waals surface area (Å²) in [4.78, 5) is 14.5. The first kappa shape index (κ1) is 17.7. The maximum atomic E-state index is 12.2. The van der Waals surface area contributed by atoms with Gasteiger partial charge in [0, 0.05) is 24.1 Å². The van der Waals surface area contributed by atoms with Crippen LogP contribution in [0.3, 0.4) is 0 Å². The number of carbonyl (C=O) groups is 1. The van der Waals surface area contributed by atoms with Crippen LogP contribution >= 0.6 is 0 Å². The quantitative estimate of drug-likeness (QED) is 0.801. The molecule has 0 saturated heterocycles. The highest BCUT2D eigenvalue weighted by atomic mass is 16.5. The van der Waals surface area contributed by atoms with Crippen molar-refractivity contribution in [3.63, 3.8) is 0 Å². The van der Waals surface area contributed by atoms with Crippen molar-refractivity contribution < 1.29 is 9.32 Å². The van der Waals surface area contributed by atoms with Crippen LogP contribution in [0.25, 0.3) is 0 Å². The zero-order valence-corrected chi connectivity index (χ0v) is 14.2. The Hall–Kier alpha value is -1.36. The minimum absolute atomic E-state index is 0.0872. The van der Waals surface area contributed by atoms with Crippen molar-refractivity contribution in [3.05, 3.63) is 17.0 Å². The zero-order valence-electron chi connectivity index (χ0n) is 14.2. The summed E-state index contributed by atoms with van der Waals surface area (Å²) in [6, 6.07) is 0. The van der Waals surface area contributed by atoms with Crippen LogP contribution in [0.15, 0.2) is 4.52 Å². The highest BCUT2D eigenvalue weighted by Gasteiger charge is 2.25. The maximum absolute atomic E-state index is 12.2. The second-order valence-corrected chi connectivity index (χ2v) is 6.20. The molecule has 0 radical (unpaired) electrons. The fourth-order valence-corrected chi connectivity index (χ4v) is 2.12. The van der Waals surface area contributed by atoms with Crippen molar-refractivity contribution in [3.8, 4) is 0 Å². The molecule has 5 nitrogen and oxygen atoms in total. The van der Waals surface area contributed by atoms with E-state index in [1.54, 1.807) is 0 Å². The third-order valence-electron chi connectivity index (χ3n) is 4.12. The van der Waals surface area contributed by atoms with Crippen molar-refractivity contribution in [2.45, 2.75) is 59.4 Å². The molecule has 1 aromatic heterocycles. The summed E-state index contributed by atoms with van der Waals surface area (Å²) in [5, 5.41) is 6.85. The first-order chi connectivity index (χ1) is 9.83. The number of hydrogen-bond acceptors (Lipinski definition) is 4. The minimum atomic E-state index is -0.159. The molecule has 0 aliphatic heterocycles. The first-order valence-corrected chi connectivity index (χ1v) is 7.78. The van der Waals surface area contributed by atoms with Crippen molar-refractivity contribution >= 4 is 5.91 Å². The highest BCUT2D eigenvalue weighted by Crippen LogP contribution is 2.15. The number of aryl methyl sites for hydroxylation is 1. The average molecular weight is 295 g/mol. The van der Waals surface area contributed by atoms with Crippen LogP contribution in [0, 0.1) is 6.92 Å². The molecule has 0 aliphatic carbocycles. The molecule has 0 bridgehead atoms. The van der Waals surface area contributed by atoms with Gasteiger partial charge in [0.15, 0.2) is 5.69 Å². The number of hydrogen-bond donors (Lipinski definition) is 1. The average Bonchev–Trinajstić information content (AvgIpc) is 2.83. The monoisotopic (exact) mass is 295 g/mol. The molecule has 0 unspecified atom stereocenters. The number of nitrogens with one attached hydrogen (secondary N) is 1. The standard InChI is InChI=1S/C16H29N3O2/c1-7-9-10-19(6)16(4,5)11-17-15(20)14-12(3)13(8-2)21-18-14/h7-11H2,1-6H3,(H,17,20). The molecule has 0 aliphatic rings. The van der Waals surface area contributed by atoms with Crippen LogP contribution in [0.2, 0.25) is 0 Å². The molecule has 1 rings (SSSR count). The van der Waals surface area contributed by atoms with E-state index in [0.717, 1.165) is 30.7 Å². The van der Waals surface area contributed by atoms with E-state index in [0.29, 0.717) is 12.2 Å². The van der Waals surface area contributed by atoms with Gasteiger partial charge in [-0.1, -0.05) is 25.4 Å². The van der Waals surface area contributed by atoms with Crippen LogP contribution in [-0.2, 0) is 6.42 Å². The summed E-state index contributed by atoms with van der Waals surface area (Å²) in [6.07, 6.45) is 3.08. The number of amides is 1. The van der Waals surface area contributed by atoms with Crippen LogP contribution in [0.1, 0.15) is 62.3 Å². The van der Waals surface area contributed by atoms with Gasteiger partial charge in [0.1, 0.15) is 5.76 Å². The molecular formula is C16H29N3O2. The van der Waals surface area contributed by atoms with E-state index in [9.17, 15) is 4.79 Å². The summed E-state index contributed by atoms with van der Waals surface area (Å²) < 4.78 is 5.18. The molecule has 0 atom stereocenters. The predicted octanol–water partition coefficient (Wildman–Crippen LogP) is 2.79. The van der Waals surface area contributed by atoms with Crippen molar-refractivity contribution in [1.29, 1.82) is 0 Å². The molecule has 1 amide bonds. The fraction of sp³-hybridized carbons (Fsp3) is 0.750. The topological polar surface area (TPSA) is 58.4 Å². The third kappa shape index (κ3) is 4.56. The van der Waals surface area contributed by atoms with Gasteiger partial charge in [-0.3, -0.25) is 9.69 Å². The summed E-state index contributed by atoms with van der Waals surface area (Å²) in [7, 11) is 2.10. The lowest BCUT2D eigenvalue weighted by Crippen LogP contribution is -2.50. The van der Waals surface area contributed by atoms with Gasteiger partial charge in [0.25, 0.3) is 5.91 Å². The van der Waals surface area contributed by atoms with Crippen LogP contribution in [0.4, 0.5) is 0 Å². The molecule has 21 heavy (non-hydrogen) atoms. The Labute approximate surface area is 128 Å². The smallest absolute Gasteiger partial charge is 0.273 e. The predicted molar refractivity (Wildman–Crippen MR) is 84.6 cm³/mol. The largest absolute Gasteiger partial charge is 0.360 e. The molecule has 5 heteroatoms. The first-order valence-electron chi connectivity index (χ1n) is 7.78. The lowest BCUT2D eigenvalue weighted by Gasteiger charge is -2.35. The van der Waals surface area contributed by atoms with Crippen LogP contribution < -0.4 is 5.32 Å². The molecular weight excluding hydrogens is 266 g/mol. The van der Waals surface area contributed by atoms with E-state index in [-0.39, 0.29) is 11.4 Å². The minimum Gasteiger partial charge on any atom is -0.360 e.